The Morgan fingerprint density at radius 2 is 1.25 bits per heavy atom. The number of fused-ring (bicyclic) bond motifs is 4. The molecule has 4 aromatic carbocycles. The first-order chi connectivity index (χ1) is 15.7. The summed E-state index contributed by atoms with van der Waals surface area (Å²) in [6.07, 6.45) is 0. The highest BCUT2D eigenvalue weighted by atomic mass is 79.9. The Morgan fingerprint density at radius 1 is 0.656 bits per heavy atom. The van der Waals surface area contributed by atoms with E-state index in [1.165, 1.54) is 21.8 Å². The van der Waals surface area contributed by atoms with Crippen molar-refractivity contribution >= 4 is 48.8 Å². The normalized spacial score (nSPS) is 11.6. The molecule has 154 valence electrons. The van der Waals surface area contributed by atoms with Crippen LogP contribution in [0.1, 0.15) is 6.92 Å². The lowest BCUT2D eigenvalue weighted by Gasteiger charge is -2.11. The number of hydrogen-bond acceptors (Lipinski definition) is 2. The summed E-state index contributed by atoms with van der Waals surface area (Å²) in [7, 11) is 0. The number of aromatic nitrogens is 3. The molecule has 0 aliphatic carbocycles. The molecule has 0 bridgehead atoms. The number of nitrogens with zero attached hydrogens (tertiary/aromatic N) is 3. The number of hydrogen-bond donors (Lipinski definition) is 0. The molecule has 0 aliphatic heterocycles. The van der Waals surface area contributed by atoms with Gasteiger partial charge in [-0.2, -0.15) is 0 Å². The molecule has 0 unspecified atom stereocenters. The third kappa shape index (κ3) is 3.02. The highest BCUT2D eigenvalue weighted by Gasteiger charge is 2.16. The molecule has 2 aromatic heterocycles. The van der Waals surface area contributed by atoms with Crippen LogP contribution in [-0.2, 0) is 6.54 Å². The van der Waals surface area contributed by atoms with Gasteiger partial charge in [0.25, 0.3) is 0 Å². The summed E-state index contributed by atoms with van der Waals surface area (Å²) < 4.78 is 3.42. The fourth-order valence-electron chi connectivity index (χ4n) is 4.55. The maximum absolute atomic E-state index is 5.08. The third-order valence-corrected chi connectivity index (χ3v) is 6.58. The van der Waals surface area contributed by atoms with E-state index in [1.807, 2.05) is 36.4 Å². The summed E-state index contributed by atoms with van der Waals surface area (Å²) in [5.74, 6) is 0. The van der Waals surface area contributed by atoms with Gasteiger partial charge in [0.05, 0.1) is 22.4 Å². The summed E-state index contributed by atoms with van der Waals surface area (Å²) in [6.45, 7) is 3.13. The van der Waals surface area contributed by atoms with E-state index in [0.29, 0.717) is 0 Å². The Bertz CT molecular complexity index is 1610. The summed E-state index contributed by atoms with van der Waals surface area (Å²) >= 11 is 3.54. The SMILES string of the molecule is CCn1c2ccccc2c2cc(-c3nc4ccccc4nc3-c3ccc(Br)cc3)ccc21. The molecule has 0 saturated heterocycles. The predicted octanol–water partition coefficient (Wildman–Crippen LogP) is 7.85. The van der Waals surface area contributed by atoms with E-state index in [1.54, 1.807) is 0 Å². The number of benzene rings is 4. The molecule has 6 rings (SSSR count). The number of halogens is 1. The van der Waals surface area contributed by atoms with Crippen LogP contribution < -0.4 is 0 Å². The summed E-state index contributed by atoms with van der Waals surface area (Å²) in [6, 6.07) is 31.6. The lowest BCUT2D eigenvalue weighted by Crippen LogP contribution is -1.96. The van der Waals surface area contributed by atoms with Crippen LogP contribution in [0.25, 0.3) is 55.4 Å². The zero-order chi connectivity index (χ0) is 21.7. The van der Waals surface area contributed by atoms with Crippen molar-refractivity contribution in [2.24, 2.45) is 0 Å². The fourth-order valence-corrected chi connectivity index (χ4v) is 4.82. The van der Waals surface area contributed by atoms with Crippen LogP contribution in [0.15, 0.2) is 95.5 Å². The molecule has 0 spiro atoms. The van der Waals surface area contributed by atoms with Gasteiger partial charge in [0.2, 0.25) is 0 Å². The minimum Gasteiger partial charge on any atom is -0.341 e. The molecule has 0 amide bonds. The highest BCUT2D eigenvalue weighted by Crippen LogP contribution is 2.36. The van der Waals surface area contributed by atoms with Gasteiger partial charge in [0.15, 0.2) is 0 Å². The van der Waals surface area contributed by atoms with Gasteiger partial charge in [-0.25, -0.2) is 9.97 Å². The summed E-state index contributed by atoms with van der Waals surface area (Å²) in [5, 5.41) is 2.52. The first-order valence-electron chi connectivity index (χ1n) is 10.8. The maximum atomic E-state index is 5.08. The van der Waals surface area contributed by atoms with Crippen molar-refractivity contribution in [3.63, 3.8) is 0 Å². The standard InChI is InChI=1S/C28H20BrN3/c1-2-32-25-10-6-3-7-21(25)22-17-19(13-16-26(22)32)28-27(18-11-14-20(29)15-12-18)30-23-8-4-5-9-24(23)31-28/h3-17H,2H2,1H3. The van der Waals surface area contributed by atoms with Crippen molar-refractivity contribution in [3.05, 3.63) is 95.5 Å². The van der Waals surface area contributed by atoms with E-state index >= 15 is 0 Å². The van der Waals surface area contributed by atoms with Crippen molar-refractivity contribution in [2.45, 2.75) is 13.5 Å². The number of para-hydroxylation sites is 3. The van der Waals surface area contributed by atoms with Crippen LogP contribution in [-0.4, -0.2) is 14.5 Å². The van der Waals surface area contributed by atoms with Gasteiger partial charge in [0.1, 0.15) is 0 Å². The lowest BCUT2D eigenvalue weighted by molar-refractivity contribution is 0.827. The predicted molar refractivity (Wildman–Crippen MR) is 137 cm³/mol. The van der Waals surface area contributed by atoms with Crippen molar-refractivity contribution < 1.29 is 0 Å². The van der Waals surface area contributed by atoms with Crippen molar-refractivity contribution in [3.8, 4) is 22.5 Å². The summed E-state index contributed by atoms with van der Waals surface area (Å²) in [5.41, 5.74) is 8.25. The molecule has 4 heteroatoms. The van der Waals surface area contributed by atoms with E-state index in [0.717, 1.165) is 44.6 Å². The van der Waals surface area contributed by atoms with Gasteiger partial charge >= 0.3 is 0 Å². The smallest absolute Gasteiger partial charge is 0.0973 e. The second-order valence-electron chi connectivity index (χ2n) is 7.91. The van der Waals surface area contributed by atoms with Crippen LogP contribution in [0, 0.1) is 0 Å². The van der Waals surface area contributed by atoms with E-state index < -0.39 is 0 Å². The van der Waals surface area contributed by atoms with E-state index in [4.69, 9.17) is 9.97 Å². The Morgan fingerprint density at radius 3 is 1.97 bits per heavy atom. The van der Waals surface area contributed by atoms with E-state index in [2.05, 4.69) is 82.0 Å². The van der Waals surface area contributed by atoms with Crippen LogP contribution >= 0.6 is 15.9 Å². The van der Waals surface area contributed by atoms with Crippen molar-refractivity contribution in [2.75, 3.05) is 0 Å². The molecule has 0 N–H and O–H groups in total. The van der Waals surface area contributed by atoms with Gasteiger partial charge in [-0.05, 0) is 49.4 Å². The number of rotatable bonds is 3. The molecule has 0 saturated carbocycles. The van der Waals surface area contributed by atoms with Crippen LogP contribution in [0.3, 0.4) is 0 Å². The minimum atomic E-state index is 0.898. The first kappa shape index (κ1) is 19.2. The van der Waals surface area contributed by atoms with Crippen LogP contribution in [0.5, 0.6) is 0 Å². The van der Waals surface area contributed by atoms with E-state index in [-0.39, 0.29) is 0 Å². The molecule has 3 nitrogen and oxygen atoms in total. The molecule has 0 radical (unpaired) electrons. The summed E-state index contributed by atoms with van der Waals surface area (Å²) in [4.78, 5) is 10.1. The van der Waals surface area contributed by atoms with E-state index in [9.17, 15) is 0 Å². The molecule has 6 aromatic rings. The van der Waals surface area contributed by atoms with Crippen LogP contribution in [0.2, 0.25) is 0 Å². The molecule has 0 atom stereocenters. The van der Waals surface area contributed by atoms with Crippen LogP contribution in [0.4, 0.5) is 0 Å². The maximum Gasteiger partial charge on any atom is 0.0973 e. The van der Waals surface area contributed by atoms with Crippen molar-refractivity contribution in [1.82, 2.24) is 14.5 Å². The average Bonchev–Trinajstić information content (AvgIpc) is 3.16. The van der Waals surface area contributed by atoms with Gasteiger partial charge in [-0.3, -0.25) is 0 Å². The second-order valence-corrected chi connectivity index (χ2v) is 8.83. The highest BCUT2D eigenvalue weighted by molar-refractivity contribution is 9.10. The Balaban J connectivity index is 1.66. The first-order valence-corrected chi connectivity index (χ1v) is 11.6. The second kappa shape index (κ2) is 7.57. The van der Waals surface area contributed by atoms with Gasteiger partial charge < -0.3 is 4.57 Å². The third-order valence-electron chi connectivity index (χ3n) is 6.05. The lowest BCUT2D eigenvalue weighted by atomic mass is 10.0. The minimum absolute atomic E-state index is 0.898. The zero-order valence-corrected chi connectivity index (χ0v) is 19.2. The topological polar surface area (TPSA) is 30.7 Å². The monoisotopic (exact) mass is 477 g/mol. The van der Waals surface area contributed by atoms with Gasteiger partial charge in [-0.15, -0.1) is 0 Å². The molecular weight excluding hydrogens is 458 g/mol. The molecule has 0 fully saturated rings. The largest absolute Gasteiger partial charge is 0.341 e. The fraction of sp³-hybridized carbons (Fsp3) is 0.0714. The molecule has 2 heterocycles. The van der Waals surface area contributed by atoms with Gasteiger partial charge in [-0.1, -0.05) is 64.5 Å². The Labute approximate surface area is 194 Å². The molecule has 32 heavy (non-hydrogen) atoms. The Hall–Kier alpha value is -3.50. The number of aryl methyl sites for hydroxylation is 1. The van der Waals surface area contributed by atoms with Crippen molar-refractivity contribution in [1.29, 1.82) is 0 Å². The van der Waals surface area contributed by atoms with Gasteiger partial charge in [0, 0.05) is 44.0 Å². The molecule has 0 aliphatic rings. The Kier molecular flexibility index (Phi) is 4.54. The quantitative estimate of drug-likeness (QED) is 0.259. The molecular formula is C28H20BrN3. The zero-order valence-electron chi connectivity index (χ0n) is 17.6. The average molecular weight is 478 g/mol.